The van der Waals surface area contributed by atoms with Crippen molar-refractivity contribution in [1.29, 1.82) is 0 Å². The highest BCUT2D eigenvalue weighted by Crippen LogP contribution is 2.45. The zero-order chi connectivity index (χ0) is 36.7. The fourth-order valence-corrected chi connectivity index (χ4v) is 8.98. The molecule has 0 saturated carbocycles. The van der Waals surface area contributed by atoms with Crippen LogP contribution in [0.5, 0.6) is 6.01 Å². The molecule has 53 heavy (non-hydrogen) atoms. The van der Waals surface area contributed by atoms with E-state index in [0.29, 0.717) is 59.4 Å². The quantitative estimate of drug-likeness (QED) is 0.115. The smallest absolute Gasteiger partial charge is 0.319 e. The van der Waals surface area contributed by atoms with Crippen LogP contribution in [0.15, 0.2) is 48.7 Å². The third kappa shape index (κ3) is 6.85. The number of fused-ring (bicyclic) bond motifs is 5. The number of halogens is 2. The van der Waals surface area contributed by atoms with Crippen molar-refractivity contribution in [2.45, 2.75) is 55.8 Å². The van der Waals surface area contributed by atoms with Crippen LogP contribution >= 0.6 is 0 Å². The second-order valence-corrected chi connectivity index (χ2v) is 15.3. The Morgan fingerprint density at radius 3 is 2.75 bits per heavy atom. The molecule has 4 aliphatic rings. The van der Waals surface area contributed by atoms with Gasteiger partial charge in [0.15, 0.2) is 5.82 Å². The number of anilines is 1. The van der Waals surface area contributed by atoms with Crippen LogP contribution in [0.3, 0.4) is 0 Å². The predicted molar refractivity (Wildman–Crippen MR) is 204 cm³/mol. The van der Waals surface area contributed by atoms with Gasteiger partial charge < -0.3 is 29.9 Å². The number of rotatable bonds is 13. The van der Waals surface area contributed by atoms with E-state index in [1.165, 1.54) is 11.6 Å². The molecule has 0 radical (unpaired) electrons. The van der Waals surface area contributed by atoms with Crippen molar-refractivity contribution in [3.8, 4) is 29.6 Å². The van der Waals surface area contributed by atoms with Gasteiger partial charge in [0, 0.05) is 74.5 Å². The second-order valence-electron chi connectivity index (χ2n) is 15.3. The van der Waals surface area contributed by atoms with Gasteiger partial charge in [-0.1, -0.05) is 42.3 Å². The molecule has 0 amide bonds. The van der Waals surface area contributed by atoms with Crippen molar-refractivity contribution in [1.82, 2.24) is 35.4 Å². The van der Waals surface area contributed by atoms with Crippen LogP contribution in [0.4, 0.5) is 14.6 Å². The molecule has 4 saturated heterocycles. The van der Waals surface area contributed by atoms with E-state index in [9.17, 15) is 4.39 Å². The fraction of sp³-hybridized carbons (Fsp3) is 0.488. The highest BCUT2D eigenvalue weighted by molar-refractivity contribution is 6.02. The van der Waals surface area contributed by atoms with E-state index in [2.05, 4.69) is 49.9 Å². The number of likely N-dealkylation sites (N-methyl/N-ethyl adjacent to an activating group) is 2. The summed E-state index contributed by atoms with van der Waals surface area (Å²) in [7, 11) is 4.07. The minimum atomic E-state index is -0.627. The summed E-state index contributed by atoms with van der Waals surface area (Å²) in [4.78, 5) is 21.3. The third-order valence-electron chi connectivity index (χ3n) is 11.7. The first-order valence-corrected chi connectivity index (χ1v) is 18.8. The average molecular weight is 723 g/mol. The van der Waals surface area contributed by atoms with Gasteiger partial charge in [-0.05, 0) is 57.7 Å². The van der Waals surface area contributed by atoms with E-state index < -0.39 is 11.6 Å². The van der Waals surface area contributed by atoms with E-state index in [-0.39, 0.29) is 34.4 Å². The van der Waals surface area contributed by atoms with Crippen LogP contribution in [0.1, 0.15) is 37.7 Å². The summed E-state index contributed by atoms with van der Waals surface area (Å²) in [5.74, 6) is 1.91. The number of terminal acetylenes is 1. The largest absolute Gasteiger partial charge is 0.461 e. The maximum Gasteiger partial charge on any atom is 0.319 e. The summed E-state index contributed by atoms with van der Waals surface area (Å²) in [6.07, 6.45) is 12.3. The van der Waals surface area contributed by atoms with Gasteiger partial charge in [0.2, 0.25) is 0 Å². The van der Waals surface area contributed by atoms with Crippen molar-refractivity contribution in [3.63, 3.8) is 0 Å². The number of pyridine rings is 1. The van der Waals surface area contributed by atoms with Crippen LogP contribution in [-0.2, 0) is 4.74 Å². The monoisotopic (exact) mass is 722 g/mol. The lowest BCUT2D eigenvalue weighted by Crippen LogP contribution is -2.51. The number of benzene rings is 2. The number of nitrogens with zero attached hydrogens (tertiary/aromatic N) is 6. The molecule has 4 aliphatic heterocycles. The SMILES string of the molecule is C#Cc1c(F)ccc2cccc(-c3ncc4c(N5CC6CCC(C5)N6)nc(OCC56CCC(COCCN(C)CCNC)N5CC(=C)C6)nc4c3F)c12. The Hall–Kier alpha value is -4.25. The maximum atomic E-state index is 17.0. The average Bonchev–Trinajstić information content (AvgIpc) is 3.80. The molecule has 0 spiro atoms. The Morgan fingerprint density at radius 1 is 1.13 bits per heavy atom. The van der Waals surface area contributed by atoms with Crippen LogP contribution in [0, 0.1) is 24.0 Å². The van der Waals surface area contributed by atoms with Gasteiger partial charge in [-0.25, -0.2) is 8.78 Å². The molecule has 2 aromatic heterocycles. The summed E-state index contributed by atoms with van der Waals surface area (Å²) in [5, 5.41) is 8.50. The minimum Gasteiger partial charge on any atom is -0.461 e. The van der Waals surface area contributed by atoms with Crippen molar-refractivity contribution in [2.24, 2.45) is 0 Å². The molecule has 4 aromatic rings. The van der Waals surface area contributed by atoms with E-state index in [4.69, 9.17) is 25.9 Å². The van der Waals surface area contributed by atoms with Gasteiger partial charge in [-0.3, -0.25) is 9.88 Å². The molecule has 2 bridgehead atoms. The molecule has 6 heterocycles. The number of hydrogen-bond donors (Lipinski definition) is 2. The molecule has 278 valence electrons. The predicted octanol–water partition coefficient (Wildman–Crippen LogP) is 4.75. The zero-order valence-corrected chi connectivity index (χ0v) is 30.6. The first-order chi connectivity index (χ1) is 25.8. The second kappa shape index (κ2) is 14.9. The highest BCUT2D eigenvalue weighted by atomic mass is 19.1. The summed E-state index contributed by atoms with van der Waals surface area (Å²) < 4.78 is 44.7. The van der Waals surface area contributed by atoms with Crippen LogP contribution in [-0.4, -0.2) is 122 Å². The summed E-state index contributed by atoms with van der Waals surface area (Å²) in [6, 6.07) is 9.36. The molecule has 2 N–H and O–H groups in total. The standard InChI is InChI=1S/C41H48F2N8O2/c1-5-31-34(42)12-9-27-7-6-8-32(35(27)31)37-36(43)38-33(20-45-37)39(50-22-28-10-11-29(23-50)46-28)48-40(47-38)53-25-41-14-13-30(51(41)21-26(2)19-41)24-52-18-17-49(4)16-15-44-3/h1,6-9,12,20,28-30,44,46H,2,10-11,13-19,21-25H2,3-4H3. The van der Waals surface area contributed by atoms with Crippen molar-refractivity contribution >= 4 is 27.5 Å². The molecule has 2 aromatic carbocycles. The summed E-state index contributed by atoms with van der Waals surface area (Å²) in [6.45, 7) is 11.1. The molecule has 4 atom stereocenters. The molecule has 4 fully saturated rings. The summed E-state index contributed by atoms with van der Waals surface area (Å²) >= 11 is 0. The Labute approximate surface area is 309 Å². The first-order valence-electron chi connectivity index (χ1n) is 18.8. The Bertz CT molecular complexity index is 2060. The van der Waals surface area contributed by atoms with Crippen LogP contribution in [0.25, 0.3) is 32.9 Å². The van der Waals surface area contributed by atoms with Gasteiger partial charge in [-0.2, -0.15) is 9.97 Å². The van der Waals surface area contributed by atoms with E-state index in [1.54, 1.807) is 24.4 Å². The summed E-state index contributed by atoms with van der Waals surface area (Å²) in [5.41, 5.74) is 1.54. The van der Waals surface area contributed by atoms with Gasteiger partial charge in [0.1, 0.15) is 29.5 Å². The lowest BCUT2D eigenvalue weighted by molar-refractivity contribution is 0.0317. The van der Waals surface area contributed by atoms with Gasteiger partial charge in [0.05, 0.1) is 29.7 Å². The molecule has 8 rings (SSSR count). The van der Waals surface area contributed by atoms with Crippen molar-refractivity contribution in [2.75, 3.05) is 78.1 Å². The Kier molecular flexibility index (Phi) is 10.0. The van der Waals surface area contributed by atoms with E-state index in [1.807, 2.05) is 13.1 Å². The third-order valence-corrected chi connectivity index (χ3v) is 11.7. The van der Waals surface area contributed by atoms with Gasteiger partial charge in [-0.15, -0.1) is 6.42 Å². The Balaban J connectivity index is 1.10. The van der Waals surface area contributed by atoms with E-state index in [0.717, 1.165) is 71.4 Å². The van der Waals surface area contributed by atoms with Crippen LogP contribution < -0.4 is 20.3 Å². The van der Waals surface area contributed by atoms with Crippen LogP contribution in [0.2, 0.25) is 0 Å². The minimum absolute atomic E-state index is 0.0462. The number of aromatic nitrogens is 3. The number of hydrogen-bond acceptors (Lipinski definition) is 10. The highest BCUT2D eigenvalue weighted by Gasteiger charge is 2.51. The lowest BCUT2D eigenvalue weighted by Gasteiger charge is -2.35. The normalized spacial score (nSPS) is 24.1. The number of ether oxygens (including phenoxy) is 2. The molecular weight excluding hydrogens is 675 g/mol. The molecular formula is C41H48F2N8O2. The Morgan fingerprint density at radius 2 is 1.96 bits per heavy atom. The van der Waals surface area contributed by atoms with Gasteiger partial charge >= 0.3 is 6.01 Å². The molecule has 12 heteroatoms. The topological polar surface area (TPSA) is 90.9 Å². The zero-order valence-electron chi connectivity index (χ0n) is 30.6. The van der Waals surface area contributed by atoms with E-state index >= 15 is 4.39 Å². The molecule has 10 nitrogen and oxygen atoms in total. The first kappa shape index (κ1) is 35.8. The maximum absolute atomic E-state index is 17.0. The van der Waals surface area contributed by atoms with Crippen molar-refractivity contribution < 1.29 is 18.3 Å². The van der Waals surface area contributed by atoms with Gasteiger partial charge in [0.25, 0.3) is 0 Å². The lowest BCUT2D eigenvalue weighted by atomic mass is 9.94. The molecule has 0 aliphatic carbocycles. The number of nitrogens with one attached hydrogen (secondary N) is 2. The fourth-order valence-electron chi connectivity index (χ4n) is 8.98. The number of piperazine rings is 1. The van der Waals surface area contributed by atoms with Crippen molar-refractivity contribution in [3.05, 3.63) is 65.9 Å². The molecule has 4 unspecified atom stereocenters.